The fraction of sp³-hybridized carbons (Fsp3) is 0.667. The van der Waals surface area contributed by atoms with E-state index in [1.54, 1.807) is 12.1 Å². The molecule has 0 aliphatic heterocycles. The summed E-state index contributed by atoms with van der Waals surface area (Å²) in [5.74, 6) is -0.0555. The Labute approximate surface area is 123 Å². The third-order valence-corrected chi connectivity index (χ3v) is 5.07. The second kappa shape index (κ2) is 7.21. The Morgan fingerprint density at radius 3 is 2.50 bits per heavy atom. The Hall–Kier alpha value is -0.890. The molecule has 20 heavy (non-hydrogen) atoms. The number of rotatable bonds is 7. The van der Waals surface area contributed by atoms with Gasteiger partial charge in [-0.05, 0) is 55.7 Å². The first-order chi connectivity index (χ1) is 9.72. The van der Waals surface area contributed by atoms with Crippen LogP contribution < -0.4 is 5.32 Å². The smallest absolute Gasteiger partial charge is 0.126 e. The number of nitrogens with one attached hydrogen (secondary N) is 1. The molecule has 1 unspecified atom stereocenters. The SMILES string of the molecule is CCCNC(Cc1ccccc1F)C1(CC)CCCC1. The van der Waals surface area contributed by atoms with Gasteiger partial charge in [-0.15, -0.1) is 0 Å². The molecule has 2 heteroatoms. The summed E-state index contributed by atoms with van der Waals surface area (Å²) in [4.78, 5) is 0. The molecule has 1 N–H and O–H groups in total. The predicted molar refractivity (Wildman–Crippen MR) is 83.4 cm³/mol. The zero-order valence-electron chi connectivity index (χ0n) is 12.9. The van der Waals surface area contributed by atoms with Crippen molar-refractivity contribution in [2.45, 2.75) is 64.8 Å². The lowest BCUT2D eigenvalue weighted by Crippen LogP contribution is -2.45. The molecule has 0 saturated heterocycles. The van der Waals surface area contributed by atoms with Gasteiger partial charge in [0.2, 0.25) is 0 Å². The highest BCUT2D eigenvalue weighted by molar-refractivity contribution is 5.19. The van der Waals surface area contributed by atoms with Gasteiger partial charge in [-0.2, -0.15) is 0 Å². The topological polar surface area (TPSA) is 12.0 Å². The molecular formula is C18H28FN. The molecule has 112 valence electrons. The average molecular weight is 277 g/mol. The minimum absolute atomic E-state index is 0.0555. The van der Waals surface area contributed by atoms with Crippen LogP contribution in [-0.2, 0) is 6.42 Å². The highest BCUT2D eigenvalue weighted by Gasteiger charge is 2.39. The first kappa shape index (κ1) is 15.5. The maximum absolute atomic E-state index is 14.0. The van der Waals surface area contributed by atoms with Crippen LogP contribution in [0.2, 0.25) is 0 Å². The van der Waals surface area contributed by atoms with Gasteiger partial charge in [0.05, 0.1) is 0 Å². The molecule has 1 saturated carbocycles. The quantitative estimate of drug-likeness (QED) is 0.761. The molecule has 1 nitrogen and oxygen atoms in total. The van der Waals surface area contributed by atoms with E-state index in [1.165, 1.54) is 32.1 Å². The lowest BCUT2D eigenvalue weighted by Gasteiger charge is -2.38. The second-order valence-corrected chi connectivity index (χ2v) is 6.23. The zero-order chi connectivity index (χ0) is 14.4. The highest BCUT2D eigenvalue weighted by atomic mass is 19.1. The van der Waals surface area contributed by atoms with Crippen molar-refractivity contribution in [1.82, 2.24) is 5.32 Å². The van der Waals surface area contributed by atoms with Gasteiger partial charge in [0.15, 0.2) is 0 Å². The predicted octanol–water partition coefficient (Wildman–Crippen LogP) is 4.71. The summed E-state index contributed by atoms with van der Waals surface area (Å²) < 4.78 is 14.0. The number of benzene rings is 1. The number of halogens is 1. The van der Waals surface area contributed by atoms with E-state index >= 15 is 0 Å². The summed E-state index contributed by atoms with van der Waals surface area (Å²) >= 11 is 0. The molecule has 1 aliphatic carbocycles. The Kier molecular flexibility index (Phi) is 5.59. The van der Waals surface area contributed by atoms with E-state index in [0.29, 0.717) is 11.5 Å². The molecule has 0 spiro atoms. The van der Waals surface area contributed by atoms with Gasteiger partial charge < -0.3 is 5.32 Å². The van der Waals surface area contributed by atoms with Crippen LogP contribution in [0, 0.1) is 11.2 Å². The number of hydrogen-bond donors (Lipinski definition) is 1. The largest absolute Gasteiger partial charge is 0.313 e. The molecule has 0 aromatic heterocycles. The average Bonchev–Trinajstić information content (AvgIpc) is 2.95. The summed E-state index contributed by atoms with van der Waals surface area (Å²) in [6.07, 6.45) is 8.39. The standard InChI is InChI=1S/C18H28FN/c1-3-13-20-17(18(4-2)11-7-8-12-18)14-15-9-5-6-10-16(15)19/h5-6,9-10,17,20H,3-4,7-8,11-14H2,1-2H3. The monoisotopic (exact) mass is 277 g/mol. The molecule has 0 heterocycles. The normalized spacial score (nSPS) is 19.1. The molecule has 1 atom stereocenters. The summed E-state index contributed by atoms with van der Waals surface area (Å²) in [6.45, 7) is 5.52. The van der Waals surface area contributed by atoms with E-state index in [1.807, 2.05) is 12.1 Å². The molecule has 2 rings (SSSR count). The molecular weight excluding hydrogens is 249 g/mol. The van der Waals surface area contributed by atoms with E-state index in [9.17, 15) is 4.39 Å². The van der Waals surface area contributed by atoms with E-state index in [4.69, 9.17) is 0 Å². The van der Waals surface area contributed by atoms with E-state index in [0.717, 1.165) is 24.9 Å². The van der Waals surface area contributed by atoms with Gasteiger partial charge in [-0.3, -0.25) is 0 Å². The van der Waals surface area contributed by atoms with E-state index in [2.05, 4.69) is 19.2 Å². The van der Waals surface area contributed by atoms with Crippen molar-refractivity contribution in [3.63, 3.8) is 0 Å². The van der Waals surface area contributed by atoms with Crippen LogP contribution in [0.5, 0.6) is 0 Å². The Bertz CT molecular complexity index is 410. The molecule has 1 aliphatic rings. The number of hydrogen-bond acceptors (Lipinski definition) is 1. The van der Waals surface area contributed by atoms with Gasteiger partial charge in [0, 0.05) is 6.04 Å². The van der Waals surface area contributed by atoms with Crippen LogP contribution >= 0.6 is 0 Å². The summed E-state index contributed by atoms with van der Waals surface area (Å²) in [6, 6.07) is 7.65. The molecule has 1 aromatic rings. The minimum Gasteiger partial charge on any atom is -0.313 e. The third-order valence-electron chi connectivity index (χ3n) is 5.07. The van der Waals surface area contributed by atoms with Crippen molar-refractivity contribution in [2.75, 3.05) is 6.54 Å². The van der Waals surface area contributed by atoms with Crippen molar-refractivity contribution in [3.8, 4) is 0 Å². The Balaban J connectivity index is 2.17. The second-order valence-electron chi connectivity index (χ2n) is 6.23. The Morgan fingerprint density at radius 2 is 1.90 bits per heavy atom. The maximum Gasteiger partial charge on any atom is 0.126 e. The first-order valence-corrected chi connectivity index (χ1v) is 8.18. The van der Waals surface area contributed by atoms with Crippen LogP contribution in [0.15, 0.2) is 24.3 Å². The Morgan fingerprint density at radius 1 is 1.20 bits per heavy atom. The lowest BCUT2D eigenvalue weighted by molar-refractivity contribution is 0.183. The fourth-order valence-electron chi connectivity index (χ4n) is 3.74. The van der Waals surface area contributed by atoms with Crippen LogP contribution in [0.4, 0.5) is 4.39 Å². The first-order valence-electron chi connectivity index (χ1n) is 8.18. The van der Waals surface area contributed by atoms with Crippen molar-refractivity contribution in [3.05, 3.63) is 35.6 Å². The lowest BCUT2D eigenvalue weighted by atomic mass is 9.74. The van der Waals surface area contributed by atoms with Crippen molar-refractivity contribution in [1.29, 1.82) is 0 Å². The summed E-state index contributed by atoms with van der Waals surface area (Å²) in [7, 11) is 0. The molecule has 1 fully saturated rings. The van der Waals surface area contributed by atoms with E-state index in [-0.39, 0.29) is 5.82 Å². The minimum atomic E-state index is -0.0555. The van der Waals surface area contributed by atoms with Crippen molar-refractivity contribution >= 4 is 0 Å². The van der Waals surface area contributed by atoms with Crippen LogP contribution in [-0.4, -0.2) is 12.6 Å². The fourth-order valence-corrected chi connectivity index (χ4v) is 3.74. The summed E-state index contributed by atoms with van der Waals surface area (Å²) in [5.41, 5.74) is 1.23. The van der Waals surface area contributed by atoms with Crippen LogP contribution in [0.3, 0.4) is 0 Å². The zero-order valence-corrected chi connectivity index (χ0v) is 12.9. The van der Waals surface area contributed by atoms with Gasteiger partial charge in [0.1, 0.15) is 5.82 Å². The molecule has 0 amide bonds. The molecule has 1 aromatic carbocycles. The third kappa shape index (κ3) is 3.41. The van der Waals surface area contributed by atoms with Gasteiger partial charge in [-0.1, -0.05) is 44.9 Å². The maximum atomic E-state index is 14.0. The van der Waals surface area contributed by atoms with E-state index < -0.39 is 0 Å². The highest BCUT2D eigenvalue weighted by Crippen LogP contribution is 2.44. The van der Waals surface area contributed by atoms with Crippen molar-refractivity contribution < 1.29 is 4.39 Å². The van der Waals surface area contributed by atoms with Gasteiger partial charge in [0.25, 0.3) is 0 Å². The van der Waals surface area contributed by atoms with Gasteiger partial charge >= 0.3 is 0 Å². The van der Waals surface area contributed by atoms with Crippen LogP contribution in [0.25, 0.3) is 0 Å². The van der Waals surface area contributed by atoms with Gasteiger partial charge in [-0.25, -0.2) is 4.39 Å². The van der Waals surface area contributed by atoms with Crippen molar-refractivity contribution in [2.24, 2.45) is 5.41 Å². The molecule has 0 bridgehead atoms. The van der Waals surface area contributed by atoms with Crippen LogP contribution in [0.1, 0.15) is 57.9 Å². The summed E-state index contributed by atoms with van der Waals surface area (Å²) in [5, 5.41) is 3.71. The molecule has 0 radical (unpaired) electrons.